The van der Waals surface area contributed by atoms with Crippen molar-refractivity contribution < 1.29 is 9.90 Å². The molecule has 3 nitrogen and oxygen atoms in total. The van der Waals surface area contributed by atoms with E-state index < -0.39 is 0 Å². The molecule has 0 bridgehead atoms. The van der Waals surface area contributed by atoms with E-state index in [1.807, 2.05) is 18.2 Å². The van der Waals surface area contributed by atoms with Gasteiger partial charge in [-0.3, -0.25) is 4.79 Å². The molecule has 1 aromatic rings. The topological polar surface area (TPSA) is 40.5 Å². The molecule has 80 valence electrons. The molecule has 0 spiro atoms. The fourth-order valence-corrected chi connectivity index (χ4v) is 1.98. The van der Waals surface area contributed by atoms with Crippen LogP contribution in [-0.4, -0.2) is 21.8 Å². The van der Waals surface area contributed by atoms with Crippen LogP contribution in [0.5, 0.6) is 0 Å². The van der Waals surface area contributed by atoms with Gasteiger partial charge in [0.15, 0.2) is 0 Å². The molecule has 1 aliphatic heterocycles. The van der Waals surface area contributed by atoms with Crippen LogP contribution in [0.4, 0.5) is 0 Å². The van der Waals surface area contributed by atoms with Crippen molar-refractivity contribution in [1.29, 1.82) is 0 Å². The quantitative estimate of drug-likeness (QED) is 0.770. The van der Waals surface area contributed by atoms with E-state index in [0.29, 0.717) is 13.1 Å². The fourth-order valence-electron chi connectivity index (χ4n) is 1.81. The van der Waals surface area contributed by atoms with Gasteiger partial charge in [0.1, 0.15) is 5.88 Å². The molecule has 1 aliphatic rings. The van der Waals surface area contributed by atoms with Crippen LogP contribution in [0.15, 0.2) is 18.2 Å². The number of fused-ring (bicyclic) bond motifs is 1. The summed E-state index contributed by atoms with van der Waals surface area (Å²) in [5, 5.41) is 8.99. The molecule has 15 heavy (non-hydrogen) atoms. The van der Waals surface area contributed by atoms with Crippen LogP contribution in [0.3, 0.4) is 0 Å². The SMILES string of the molecule is O=C(CCl)N1Cc2ccc(CO)cc2C1. The zero-order chi connectivity index (χ0) is 10.8. The Hall–Kier alpha value is -1.06. The maximum absolute atomic E-state index is 11.4. The summed E-state index contributed by atoms with van der Waals surface area (Å²) in [5.74, 6) is -0.0145. The van der Waals surface area contributed by atoms with Crippen LogP contribution in [0.25, 0.3) is 0 Å². The molecule has 1 aromatic carbocycles. The molecule has 1 N–H and O–H groups in total. The maximum Gasteiger partial charge on any atom is 0.238 e. The summed E-state index contributed by atoms with van der Waals surface area (Å²) >= 11 is 5.50. The van der Waals surface area contributed by atoms with Crippen molar-refractivity contribution in [2.45, 2.75) is 19.7 Å². The molecule has 0 atom stereocenters. The van der Waals surface area contributed by atoms with Gasteiger partial charge >= 0.3 is 0 Å². The third-order valence-corrected chi connectivity index (χ3v) is 2.87. The minimum atomic E-state index is -0.0431. The highest BCUT2D eigenvalue weighted by molar-refractivity contribution is 6.27. The predicted molar refractivity (Wildman–Crippen MR) is 57.3 cm³/mol. The molecule has 0 saturated heterocycles. The second-order valence-electron chi connectivity index (χ2n) is 3.64. The highest BCUT2D eigenvalue weighted by Gasteiger charge is 2.22. The van der Waals surface area contributed by atoms with Crippen LogP contribution in [0.2, 0.25) is 0 Å². The van der Waals surface area contributed by atoms with Gasteiger partial charge in [0.05, 0.1) is 6.61 Å². The lowest BCUT2D eigenvalue weighted by Gasteiger charge is -2.12. The lowest BCUT2D eigenvalue weighted by Crippen LogP contribution is -2.26. The van der Waals surface area contributed by atoms with Crippen LogP contribution < -0.4 is 0 Å². The van der Waals surface area contributed by atoms with Gasteiger partial charge in [-0.25, -0.2) is 0 Å². The number of nitrogens with zero attached hydrogens (tertiary/aromatic N) is 1. The second kappa shape index (κ2) is 4.21. The number of amides is 1. The largest absolute Gasteiger partial charge is 0.392 e. The van der Waals surface area contributed by atoms with Gasteiger partial charge in [0.2, 0.25) is 5.91 Å². The van der Waals surface area contributed by atoms with Crippen molar-refractivity contribution >= 4 is 17.5 Å². The van der Waals surface area contributed by atoms with E-state index in [2.05, 4.69) is 0 Å². The highest BCUT2D eigenvalue weighted by atomic mass is 35.5. The summed E-state index contributed by atoms with van der Waals surface area (Å²) in [5.41, 5.74) is 3.14. The zero-order valence-electron chi connectivity index (χ0n) is 8.24. The average Bonchev–Trinajstić information content (AvgIpc) is 2.70. The van der Waals surface area contributed by atoms with Crippen LogP contribution in [0, 0.1) is 0 Å². The number of carbonyl (C=O) groups excluding carboxylic acids is 1. The van der Waals surface area contributed by atoms with Crippen LogP contribution in [0.1, 0.15) is 16.7 Å². The van der Waals surface area contributed by atoms with E-state index in [1.165, 1.54) is 0 Å². The first-order valence-corrected chi connectivity index (χ1v) is 5.33. The Morgan fingerprint density at radius 2 is 2.13 bits per heavy atom. The molecule has 1 heterocycles. The monoisotopic (exact) mass is 225 g/mol. The van der Waals surface area contributed by atoms with Crippen molar-refractivity contribution in [3.8, 4) is 0 Å². The van der Waals surface area contributed by atoms with E-state index in [4.69, 9.17) is 16.7 Å². The summed E-state index contributed by atoms with van der Waals surface area (Å²) in [6.45, 7) is 1.28. The van der Waals surface area contributed by atoms with E-state index >= 15 is 0 Å². The van der Waals surface area contributed by atoms with Gasteiger partial charge < -0.3 is 10.0 Å². The number of carbonyl (C=O) groups is 1. The number of aliphatic hydroxyl groups excluding tert-OH is 1. The smallest absolute Gasteiger partial charge is 0.238 e. The minimum absolute atomic E-state index is 0.0286. The van der Waals surface area contributed by atoms with Crippen molar-refractivity contribution in [3.63, 3.8) is 0 Å². The van der Waals surface area contributed by atoms with Crippen LogP contribution >= 0.6 is 11.6 Å². The summed E-state index contributed by atoms with van der Waals surface area (Å²) in [6, 6.07) is 5.78. The molecule has 4 heteroatoms. The first-order chi connectivity index (χ1) is 7.24. The molecule has 2 rings (SSSR count). The van der Waals surface area contributed by atoms with Gasteiger partial charge in [-0.05, 0) is 16.7 Å². The van der Waals surface area contributed by atoms with Crippen molar-refractivity contribution in [2.75, 3.05) is 5.88 Å². The Balaban J connectivity index is 2.20. The van der Waals surface area contributed by atoms with Gasteiger partial charge in [0.25, 0.3) is 0 Å². The standard InChI is InChI=1S/C11H12ClNO2/c12-4-11(15)13-5-9-2-1-8(7-14)3-10(9)6-13/h1-3,14H,4-7H2. The van der Waals surface area contributed by atoms with Crippen LogP contribution in [-0.2, 0) is 24.5 Å². The number of halogens is 1. The molecule has 1 amide bonds. The Labute approximate surface area is 93.3 Å². The number of benzene rings is 1. The number of aliphatic hydroxyl groups is 1. The summed E-state index contributed by atoms with van der Waals surface area (Å²) in [4.78, 5) is 13.1. The lowest BCUT2D eigenvalue weighted by atomic mass is 10.1. The van der Waals surface area contributed by atoms with Crippen molar-refractivity contribution in [1.82, 2.24) is 4.90 Å². The number of hydrogen-bond acceptors (Lipinski definition) is 2. The van der Waals surface area contributed by atoms with E-state index in [0.717, 1.165) is 16.7 Å². The third kappa shape index (κ3) is 1.98. The molecule has 0 aliphatic carbocycles. The zero-order valence-corrected chi connectivity index (χ0v) is 9.00. The maximum atomic E-state index is 11.4. The van der Waals surface area contributed by atoms with E-state index in [9.17, 15) is 4.79 Å². The Kier molecular flexibility index (Phi) is 2.93. The average molecular weight is 226 g/mol. The molecular weight excluding hydrogens is 214 g/mol. The fraction of sp³-hybridized carbons (Fsp3) is 0.364. The molecule has 0 radical (unpaired) electrons. The predicted octanol–water partition coefficient (Wildman–Crippen LogP) is 1.26. The van der Waals surface area contributed by atoms with Crippen molar-refractivity contribution in [3.05, 3.63) is 34.9 Å². The molecular formula is C11H12ClNO2. The number of alkyl halides is 1. The summed E-state index contributed by atoms with van der Waals surface area (Å²) in [7, 11) is 0. The number of rotatable bonds is 2. The van der Waals surface area contributed by atoms with Gasteiger partial charge in [-0.2, -0.15) is 0 Å². The van der Waals surface area contributed by atoms with E-state index in [-0.39, 0.29) is 18.4 Å². The lowest BCUT2D eigenvalue weighted by molar-refractivity contribution is -0.129. The highest BCUT2D eigenvalue weighted by Crippen LogP contribution is 2.24. The summed E-state index contributed by atoms with van der Waals surface area (Å²) in [6.07, 6.45) is 0. The summed E-state index contributed by atoms with van der Waals surface area (Å²) < 4.78 is 0. The van der Waals surface area contributed by atoms with Crippen molar-refractivity contribution in [2.24, 2.45) is 0 Å². The minimum Gasteiger partial charge on any atom is -0.392 e. The van der Waals surface area contributed by atoms with E-state index in [1.54, 1.807) is 4.90 Å². The normalized spacial score (nSPS) is 14.1. The van der Waals surface area contributed by atoms with Gasteiger partial charge in [0, 0.05) is 13.1 Å². The molecule has 0 unspecified atom stereocenters. The molecule has 0 fully saturated rings. The number of hydrogen-bond donors (Lipinski definition) is 1. The molecule has 0 aromatic heterocycles. The Bertz CT molecular complexity index is 392. The van der Waals surface area contributed by atoms with Gasteiger partial charge in [-0.1, -0.05) is 18.2 Å². The Morgan fingerprint density at radius 1 is 1.40 bits per heavy atom. The first-order valence-electron chi connectivity index (χ1n) is 4.80. The Morgan fingerprint density at radius 3 is 2.80 bits per heavy atom. The first kappa shape index (κ1) is 10.5. The second-order valence-corrected chi connectivity index (χ2v) is 3.91. The van der Waals surface area contributed by atoms with Gasteiger partial charge in [-0.15, -0.1) is 11.6 Å². The third-order valence-electron chi connectivity index (χ3n) is 2.64. The molecule has 0 saturated carbocycles.